The van der Waals surface area contributed by atoms with Gasteiger partial charge < -0.3 is 9.13 Å². The zero-order valence-electron chi connectivity index (χ0n) is 15.9. The van der Waals surface area contributed by atoms with E-state index in [1.165, 1.54) is 0 Å². The third-order valence-corrected chi connectivity index (χ3v) is 6.28. The molecule has 0 aliphatic carbocycles. The molecule has 6 rings (SSSR count). The Bertz CT molecular complexity index is 1460. The summed E-state index contributed by atoms with van der Waals surface area (Å²) in [6.07, 6.45) is 7.51. The van der Waals surface area contributed by atoms with E-state index in [1.54, 1.807) is 0 Å². The van der Waals surface area contributed by atoms with Gasteiger partial charge in [0.05, 0.1) is 23.4 Å². The minimum Gasteiger partial charge on any atom is -0.337 e. The van der Waals surface area contributed by atoms with Crippen molar-refractivity contribution in [3.8, 4) is 0 Å². The maximum Gasteiger partial charge on any atom is 0.0678 e. The molecule has 0 spiro atoms. The van der Waals surface area contributed by atoms with Gasteiger partial charge in [-0.3, -0.25) is 9.97 Å². The summed E-state index contributed by atoms with van der Waals surface area (Å²) >= 11 is 12.6. The molecular formula is C24H16Cl2N4. The zero-order valence-corrected chi connectivity index (χ0v) is 17.4. The highest BCUT2D eigenvalue weighted by Gasteiger charge is 2.14. The second-order valence-electron chi connectivity index (χ2n) is 7.41. The van der Waals surface area contributed by atoms with Crippen LogP contribution in [0.5, 0.6) is 0 Å². The van der Waals surface area contributed by atoms with E-state index < -0.39 is 0 Å². The van der Waals surface area contributed by atoms with E-state index in [2.05, 4.69) is 43.4 Å². The van der Waals surface area contributed by atoms with Gasteiger partial charge in [0, 0.05) is 68.1 Å². The fourth-order valence-electron chi connectivity index (χ4n) is 4.52. The second kappa shape index (κ2) is 6.73. The lowest BCUT2D eigenvalue weighted by atomic mass is 10.2. The second-order valence-corrected chi connectivity index (χ2v) is 8.28. The van der Waals surface area contributed by atoms with E-state index in [0.717, 1.165) is 66.7 Å². The van der Waals surface area contributed by atoms with Gasteiger partial charge in [0.25, 0.3) is 0 Å². The van der Waals surface area contributed by atoms with Gasteiger partial charge >= 0.3 is 0 Å². The average Bonchev–Trinajstić information content (AvgIpc) is 3.24. The highest BCUT2D eigenvalue weighted by atomic mass is 35.5. The summed E-state index contributed by atoms with van der Waals surface area (Å²) in [5, 5.41) is 6.11. The maximum atomic E-state index is 6.28. The topological polar surface area (TPSA) is 35.6 Å². The molecule has 30 heavy (non-hydrogen) atoms. The molecule has 4 heterocycles. The first-order chi connectivity index (χ1) is 14.7. The first-order valence-electron chi connectivity index (χ1n) is 9.74. The summed E-state index contributed by atoms with van der Waals surface area (Å²) in [4.78, 5) is 8.72. The van der Waals surface area contributed by atoms with Crippen LogP contribution in [0.25, 0.3) is 43.6 Å². The molecule has 0 bridgehead atoms. The van der Waals surface area contributed by atoms with Gasteiger partial charge in [-0.15, -0.1) is 0 Å². The van der Waals surface area contributed by atoms with Crippen molar-refractivity contribution >= 4 is 66.8 Å². The van der Waals surface area contributed by atoms with Crippen LogP contribution in [0.1, 0.15) is 0 Å². The molecule has 2 aromatic carbocycles. The van der Waals surface area contributed by atoms with Crippen molar-refractivity contribution in [1.29, 1.82) is 0 Å². The van der Waals surface area contributed by atoms with Crippen LogP contribution in [0, 0.1) is 0 Å². The molecule has 0 amide bonds. The number of halogens is 2. The number of rotatable bonds is 3. The van der Waals surface area contributed by atoms with Crippen LogP contribution in [0.2, 0.25) is 10.0 Å². The van der Waals surface area contributed by atoms with Crippen LogP contribution in [0.3, 0.4) is 0 Å². The molecule has 0 aliphatic heterocycles. The number of hydrogen-bond donors (Lipinski definition) is 0. The third-order valence-electron chi connectivity index (χ3n) is 5.81. The van der Waals surface area contributed by atoms with Crippen LogP contribution in [0.15, 0.2) is 73.3 Å². The number of nitrogens with zero attached hydrogens (tertiary/aromatic N) is 4. The Morgan fingerprint density at radius 1 is 0.567 bits per heavy atom. The molecule has 146 valence electrons. The van der Waals surface area contributed by atoms with Crippen molar-refractivity contribution in [2.24, 2.45) is 0 Å². The number of benzene rings is 2. The molecule has 0 unspecified atom stereocenters. The lowest BCUT2D eigenvalue weighted by Crippen LogP contribution is -2.07. The van der Waals surface area contributed by atoms with Gasteiger partial charge in [-0.1, -0.05) is 23.2 Å². The molecule has 6 heteroatoms. The third kappa shape index (κ3) is 2.61. The summed E-state index contributed by atoms with van der Waals surface area (Å²) in [7, 11) is 0. The Morgan fingerprint density at radius 3 is 1.50 bits per heavy atom. The highest BCUT2D eigenvalue weighted by molar-refractivity contribution is 6.32. The Balaban J connectivity index is 1.53. The fourth-order valence-corrected chi connectivity index (χ4v) is 4.86. The van der Waals surface area contributed by atoms with Crippen molar-refractivity contribution in [3.05, 3.63) is 83.4 Å². The van der Waals surface area contributed by atoms with E-state index in [9.17, 15) is 0 Å². The lowest BCUT2D eigenvalue weighted by molar-refractivity contribution is 0.630. The van der Waals surface area contributed by atoms with Gasteiger partial charge in [0.1, 0.15) is 0 Å². The van der Waals surface area contributed by atoms with Gasteiger partial charge in [0.15, 0.2) is 0 Å². The van der Waals surface area contributed by atoms with E-state index in [1.807, 2.05) is 49.1 Å². The smallest absolute Gasteiger partial charge is 0.0678 e. The van der Waals surface area contributed by atoms with Gasteiger partial charge in [-0.05, 0) is 48.5 Å². The number of hydrogen-bond acceptors (Lipinski definition) is 2. The molecule has 0 N–H and O–H groups in total. The molecule has 0 saturated heterocycles. The number of pyridine rings is 2. The Hall–Kier alpha value is -3.08. The Morgan fingerprint density at radius 2 is 1.03 bits per heavy atom. The Labute approximate surface area is 182 Å². The molecule has 0 atom stereocenters. The van der Waals surface area contributed by atoms with Crippen molar-refractivity contribution in [3.63, 3.8) is 0 Å². The van der Waals surface area contributed by atoms with Crippen LogP contribution >= 0.6 is 23.2 Å². The zero-order chi connectivity index (χ0) is 20.2. The SMILES string of the molecule is Clc1ccc2c(c1)c1ccncc1n2CCn1c2ccc(Cl)cc2c2ccncc21. The first-order valence-corrected chi connectivity index (χ1v) is 10.5. The molecule has 4 nitrogen and oxygen atoms in total. The van der Waals surface area contributed by atoms with Crippen LogP contribution < -0.4 is 0 Å². The van der Waals surface area contributed by atoms with E-state index >= 15 is 0 Å². The maximum absolute atomic E-state index is 6.28. The molecule has 6 aromatic rings. The molecule has 0 radical (unpaired) electrons. The van der Waals surface area contributed by atoms with Crippen molar-refractivity contribution < 1.29 is 0 Å². The lowest BCUT2D eigenvalue weighted by Gasteiger charge is -2.11. The minimum atomic E-state index is 0.740. The standard InChI is InChI=1S/C24H16Cl2N4/c25-15-1-3-21-19(11-15)17-5-7-27-13-23(17)29(21)9-10-30-22-4-2-16(26)12-20(22)18-6-8-28-14-24(18)30/h1-8,11-14H,9-10H2. The molecular weight excluding hydrogens is 415 g/mol. The monoisotopic (exact) mass is 430 g/mol. The van der Waals surface area contributed by atoms with Crippen LogP contribution in [0.4, 0.5) is 0 Å². The summed E-state index contributed by atoms with van der Waals surface area (Å²) in [6.45, 7) is 1.59. The van der Waals surface area contributed by atoms with Gasteiger partial charge in [-0.25, -0.2) is 0 Å². The summed E-state index contributed by atoms with van der Waals surface area (Å²) in [5.74, 6) is 0. The van der Waals surface area contributed by atoms with Crippen molar-refractivity contribution in [1.82, 2.24) is 19.1 Å². The predicted octanol–water partition coefficient (Wildman–Crippen LogP) is 6.70. The highest BCUT2D eigenvalue weighted by Crippen LogP contribution is 2.33. The van der Waals surface area contributed by atoms with Crippen LogP contribution in [-0.2, 0) is 13.1 Å². The molecule has 0 aliphatic rings. The summed E-state index contributed by atoms with van der Waals surface area (Å²) in [6, 6.07) is 16.2. The largest absolute Gasteiger partial charge is 0.337 e. The van der Waals surface area contributed by atoms with E-state index in [0.29, 0.717) is 0 Å². The minimum absolute atomic E-state index is 0.740. The van der Waals surface area contributed by atoms with Gasteiger partial charge in [0.2, 0.25) is 0 Å². The fraction of sp³-hybridized carbons (Fsp3) is 0.0833. The van der Waals surface area contributed by atoms with Crippen molar-refractivity contribution in [2.45, 2.75) is 13.1 Å². The molecule has 0 saturated carbocycles. The quantitative estimate of drug-likeness (QED) is 0.313. The molecule has 4 aromatic heterocycles. The average molecular weight is 431 g/mol. The predicted molar refractivity (Wildman–Crippen MR) is 124 cm³/mol. The summed E-state index contributed by atoms with van der Waals surface area (Å²) < 4.78 is 4.63. The van der Waals surface area contributed by atoms with Crippen molar-refractivity contribution in [2.75, 3.05) is 0 Å². The van der Waals surface area contributed by atoms with E-state index in [4.69, 9.17) is 23.2 Å². The normalized spacial score (nSPS) is 11.9. The number of aromatic nitrogens is 4. The molecule has 0 fully saturated rings. The summed E-state index contributed by atoms with van der Waals surface area (Å²) in [5.41, 5.74) is 4.53. The van der Waals surface area contributed by atoms with Gasteiger partial charge in [-0.2, -0.15) is 0 Å². The first kappa shape index (κ1) is 17.8. The number of aryl methyl sites for hydroxylation is 2. The van der Waals surface area contributed by atoms with E-state index in [-0.39, 0.29) is 0 Å². The number of fused-ring (bicyclic) bond motifs is 6. The Kier molecular flexibility index (Phi) is 3.98. The van der Waals surface area contributed by atoms with Crippen LogP contribution in [-0.4, -0.2) is 19.1 Å².